The minimum absolute atomic E-state index is 0.00998. The van der Waals surface area contributed by atoms with E-state index in [1.807, 2.05) is 7.05 Å². The summed E-state index contributed by atoms with van der Waals surface area (Å²) in [6.45, 7) is 11.1. The van der Waals surface area contributed by atoms with Crippen LogP contribution in [0.5, 0.6) is 0 Å². The number of likely N-dealkylation sites (N-methyl/N-ethyl adjacent to an activating group) is 1. The third kappa shape index (κ3) is 2.67. The second kappa shape index (κ2) is 5.98. The molecule has 0 spiro atoms. The molecule has 0 saturated carbocycles. The summed E-state index contributed by atoms with van der Waals surface area (Å²) in [5, 5.41) is 22.8. The van der Waals surface area contributed by atoms with E-state index in [0.717, 1.165) is 16.3 Å². The van der Waals surface area contributed by atoms with Crippen molar-refractivity contribution in [1.82, 2.24) is 25.1 Å². The molecule has 144 valence electrons. The standard InChI is InChI=1S/C16H28N6O3Si/c1-16(2,3)26(6,7)25-19-14(17-4)13-12-10(8-18-20(12)5)11-9-21(13)15(23)22(11)24/h8,11,13,24H,9H2,1-7H3,(H,17,19)/t11-,13-/m0/s1. The van der Waals surface area contributed by atoms with Crippen LogP contribution < -0.4 is 5.32 Å². The largest absolute Gasteiger partial charge is 0.453 e. The van der Waals surface area contributed by atoms with Gasteiger partial charge < -0.3 is 14.7 Å². The molecule has 1 saturated heterocycles. The first-order chi connectivity index (χ1) is 12.0. The summed E-state index contributed by atoms with van der Waals surface area (Å²) in [5.74, 6) is 0.529. The number of urea groups is 1. The maximum atomic E-state index is 12.5. The summed E-state index contributed by atoms with van der Waals surface area (Å²) in [5.41, 5.74) is 1.66. The van der Waals surface area contributed by atoms with Crippen LogP contribution in [0.25, 0.3) is 0 Å². The second-order valence-corrected chi connectivity index (χ2v) is 13.1. The normalized spacial score (nSPS) is 23.4. The molecule has 1 aromatic heterocycles. The molecule has 2 N–H and O–H groups in total. The van der Waals surface area contributed by atoms with Crippen LogP contribution in [-0.4, -0.2) is 58.7 Å². The van der Waals surface area contributed by atoms with Crippen molar-refractivity contribution in [3.8, 4) is 0 Å². The molecule has 0 radical (unpaired) electrons. The van der Waals surface area contributed by atoms with E-state index in [1.165, 1.54) is 0 Å². The molecule has 1 fully saturated rings. The molecule has 1 aromatic rings. The molecule has 2 amide bonds. The van der Waals surface area contributed by atoms with Gasteiger partial charge in [-0.2, -0.15) is 10.2 Å². The average Bonchev–Trinajstić information content (AvgIpc) is 3.04. The lowest BCUT2D eigenvalue weighted by molar-refractivity contribution is -0.0586. The zero-order valence-electron chi connectivity index (χ0n) is 16.4. The van der Waals surface area contributed by atoms with Crippen molar-refractivity contribution >= 4 is 20.2 Å². The van der Waals surface area contributed by atoms with Gasteiger partial charge in [-0.05, 0) is 18.1 Å². The molecule has 3 rings (SSSR count). The Kier molecular flexibility index (Phi) is 4.30. The number of hydrogen-bond acceptors (Lipinski definition) is 5. The Morgan fingerprint density at radius 2 is 2.12 bits per heavy atom. The van der Waals surface area contributed by atoms with Crippen LogP contribution in [0.2, 0.25) is 18.1 Å². The molecule has 0 aliphatic carbocycles. The van der Waals surface area contributed by atoms with Crippen molar-refractivity contribution in [2.75, 3.05) is 13.6 Å². The fraction of sp³-hybridized carbons (Fsp3) is 0.688. The van der Waals surface area contributed by atoms with E-state index in [0.29, 0.717) is 12.4 Å². The van der Waals surface area contributed by atoms with Crippen LogP contribution in [0.4, 0.5) is 4.79 Å². The predicted octanol–water partition coefficient (Wildman–Crippen LogP) is 2.20. The Labute approximate surface area is 154 Å². The van der Waals surface area contributed by atoms with Gasteiger partial charge >= 0.3 is 6.03 Å². The molecule has 2 aliphatic rings. The third-order valence-electron chi connectivity index (χ3n) is 5.74. The van der Waals surface area contributed by atoms with E-state index in [1.54, 1.807) is 22.8 Å². The number of aryl methyl sites for hydroxylation is 1. The smallest absolute Gasteiger partial charge is 0.345 e. The Balaban J connectivity index is 2.02. The Morgan fingerprint density at radius 1 is 1.46 bits per heavy atom. The Morgan fingerprint density at radius 3 is 2.69 bits per heavy atom. The van der Waals surface area contributed by atoms with Gasteiger partial charge in [0.25, 0.3) is 8.32 Å². The van der Waals surface area contributed by atoms with Gasteiger partial charge in [0.2, 0.25) is 0 Å². The van der Waals surface area contributed by atoms with E-state index < -0.39 is 26.4 Å². The Bertz CT molecular complexity index is 754. The molecule has 3 heterocycles. The molecule has 26 heavy (non-hydrogen) atoms. The molecular formula is C16H28N6O3Si. The average molecular weight is 381 g/mol. The third-order valence-corrected chi connectivity index (χ3v) is 9.90. The van der Waals surface area contributed by atoms with Crippen LogP contribution in [0.15, 0.2) is 11.4 Å². The summed E-state index contributed by atoms with van der Waals surface area (Å²) >= 11 is 0. The number of amidine groups is 1. The first-order valence-electron chi connectivity index (χ1n) is 8.74. The second-order valence-electron chi connectivity index (χ2n) is 8.38. The van der Waals surface area contributed by atoms with Crippen molar-refractivity contribution in [1.29, 1.82) is 0 Å². The summed E-state index contributed by atoms with van der Waals surface area (Å²) in [4.78, 5) is 14.1. The molecule has 10 heteroatoms. The number of hydrogen-bond donors (Lipinski definition) is 2. The van der Waals surface area contributed by atoms with Gasteiger partial charge in [0, 0.05) is 19.7 Å². The minimum Gasteiger partial charge on any atom is -0.453 e. The lowest BCUT2D eigenvalue weighted by Crippen LogP contribution is -2.45. The molecule has 2 atom stereocenters. The summed E-state index contributed by atoms with van der Waals surface area (Å²) in [6, 6.07) is -1.32. The number of aromatic nitrogens is 2. The van der Waals surface area contributed by atoms with Crippen LogP contribution in [0, 0.1) is 0 Å². The number of amides is 2. The highest BCUT2D eigenvalue weighted by Crippen LogP contribution is 2.43. The lowest BCUT2D eigenvalue weighted by Gasteiger charge is -2.35. The predicted molar refractivity (Wildman–Crippen MR) is 99.2 cm³/mol. The van der Waals surface area contributed by atoms with E-state index in [4.69, 9.17) is 4.53 Å². The van der Waals surface area contributed by atoms with Crippen LogP contribution in [0.3, 0.4) is 0 Å². The number of nitrogens with zero attached hydrogens (tertiary/aromatic N) is 5. The van der Waals surface area contributed by atoms with Crippen molar-refractivity contribution in [3.05, 3.63) is 17.5 Å². The van der Waals surface area contributed by atoms with Gasteiger partial charge in [-0.25, -0.2) is 4.79 Å². The van der Waals surface area contributed by atoms with Crippen molar-refractivity contribution in [2.24, 2.45) is 12.2 Å². The summed E-state index contributed by atoms with van der Waals surface area (Å²) in [6.07, 6.45) is 1.70. The zero-order chi connectivity index (χ0) is 19.4. The van der Waals surface area contributed by atoms with Gasteiger partial charge in [-0.3, -0.25) is 9.89 Å². The highest BCUT2D eigenvalue weighted by Gasteiger charge is 2.51. The maximum Gasteiger partial charge on any atom is 0.345 e. The molecule has 2 bridgehead atoms. The monoisotopic (exact) mass is 380 g/mol. The topological polar surface area (TPSA) is 95.2 Å². The maximum absolute atomic E-state index is 12.5. The molecule has 0 aromatic carbocycles. The quantitative estimate of drug-likeness (QED) is 0.276. The van der Waals surface area contributed by atoms with Crippen LogP contribution in [-0.2, 0) is 11.6 Å². The van der Waals surface area contributed by atoms with Gasteiger partial charge in [0.05, 0.1) is 18.4 Å². The van der Waals surface area contributed by atoms with E-state index in [9.17, 15) is 10.0 Å². The van der Waals surface area contributed by atoms with Crippen molar-refractivity contribution in [2.45, 2.75) is 51.0 Å². The van der Waals surface area contributed by atoms with Crippen molar-refractivity contribution < 1.29 is 14.5 Å². The highest BCUT2D eigenvalue weighted by atomic mass is 28.4. The highest BCUT2D eigenvalue weighted by molar-refractivity contribution is 6.74. The van der Waals surface area contributed by atoms with Gasteiger partial charge in [-0.1, -0.05) is 25.9 Å². The van der Waals surface area contributed by atoms with Gasteiger partial charge in [-0.15, -0.1) is 0 Å². The first kappa shape index (κ1) is 18.7. The van der Waals surface area contributed by atoms with Gasteiger partial charge in [0.15, 0.2) is 5.84 Å². The number of oxime groups is 1. The van der Waals surface area contributed by atoms with Crippen molar-refractivity contribution in [3.63, 3.8) is 0 Å². The molecule has 9 nitrogen and oxygen atoms in total. The van der Waals surface area contributed by atoms with Crippen LogP contribution >= 0.6 is 0 Å². The Hall–Kier alpha value is -2.07. The number of carbonyl (C=O) groups is 1. The van der Waals surface area contributed by atoms with Crippen LogP contribution in [0.1, 0.15) is 44.1 Å². The molecule has 0 unspecified atom stereocenters. The number of nitrogens with one attached hydrogen (secondary N) is 1. The fourth-order valence-electron chi connectivity index (χ4n) is 3.07. The lowest BCUT2D eigenvalue weighted by atomic mass is 9.97. The first-order valence-corrected chi connectivity index (χ1v) is 11.6. The van der Waals surface area contributed by atoms with E-state index in [-0.39, 0.29) is 5.04 Å². The van der Waals surface area contributed by atoms with E-state index in [2.05, 4.69) is 49.4 Å². The fourth-order valence-corrected chi connectivity index (χ4v) is 3.67. The summed E-state index contributed by atoms with van der Waals surface area (Å²) < 4.78 is 7.75. The molecular weight excluding hydrogens is 352 g/mol. The molecule has 2 aliphatic heterocycles. The van der Waals surface area contributed by atoms with Gasteiger partial charge in [0.1, 0.15) is 12.1 Å². The van der Waals surface area contributed by atoms with E-state index >= 15 is 0 Å². The number of hydroxylamine groups is 2. The zero-order valence-corrected chi connectivity index (χ0v) is 17.4. The number of rotatable bonds is 3. The number of fused-ring (bicyclic) bond motifs is 4. The SMILES string of the molecule is CN/C(=N\O[Si](C)(C)C(C)(C)C)[C@@H]1c2c(cnn2C)[C@@H]2CN1C(=O)N2O. The minimum atomic E-state index is -2.10. The summed E-state index contributed by atoms with van der Waals surface area (Å²) in [7, 11) is 1.48. The number of carbonyl (C=O) groups excluding carboxylic acids is 1.